The molecule has 3 nitrogen and oxygen atoms in total. The fourth-order valence-electron chi connectivity index (χ4n) is 3.34. The highest BCUT2D eigenvalue weighted by Crippen LogP contribution is 2.35. The topological polar surface area (TPSA) is 46.3 Å². The highest BCUT2D eigenvalue weighted by atomic mass is 16.2. The lowest BCUT2D eigenvalue weighted by atomic mass is 9.98. The third kappa shape index (κ3) is 2.19. The molecule has 21 heavy (non-hydrogen) atoms. The summed E-state index contributed by atoms with van der Waals surface area (Å²) in [5.74, 6) is 0.0571. The van der Waals surface area contributed by atoms with Crippen LogP contribution in [0.4, 0.5) is 11.4 Å². The average molecular weight is 280 g/mol. The van der Waals surface area contributed by atoms with Gasteiger partial charge in [0.05, 0.1) is 11.4 Å². The lowest BCUT2D eigenvalue weighted by molar-refractivity contribution is 0.0988. The lowest BCUT2D eigenvalue weighted by Gasteiger charge is -2.21. The number of hydrogen-bond acceptors (Lipinski definition) is 2. The summed E-state index contributed by atoms with van der Waals surface area (Å²) in [6.07, 6.45) is 0.871. The molecule has 108 valence electrons. The first kappa shape index (κ1) is 13.7. The molecule has 2 aromatic rings. The highest BCUT2D eigenvalue weighted by Gasteiger charge is 2.28. The van der Waals surface area contributed by atoms with Crippen LogP contribution in [-0.4, -0.2) is 12.5 Å². The molecule has 1 aliphatic rings. The molecule has 0 unspecified atom stereocenters. The van der Waals surface area contributed by atoms with Crippen molar-refractivity contribution in [3.05, 3.63) is 58.1 Å². The second kappa shape index (κ2) is 4.92. The number of benzene rings is 2. The minimum absolute atomic E-state index is 0.0571. The summed E-state index contributed by atoms with van der Waals surface area (Å²) in [7, 11) is 0. The molecule has 0 bridgehead atoms. The fourth-order valence-corrected chi connectivity index (χ4v) is 3.34. The fraction of sp³-hybridized carbons (Fsp3) is 0.278. The number of nitrogens with zero attached hydrogens (tertiary/aromatic N) is 1. The number of para-hydroxylation sites is 1. The van der Waals surface area contributed by atoms with Gasteiger partial charge < -0.3 is 10.6 Å². The van der Waals surface area contributed by atoms with Crippen LogP contribution in [0.15, 0.2) is 30.3 Å². The van der Waals surface area contributed by atoms with Crippen LogP contribution in [0.25, 0.3) is 0 Å². The van der Waals surface area contributed by atoms with E-state index in [1.165, 1.54) is 5.56 Å². The smallest absolute Gasteiger partial charge is 0.258 e. The van der Waals surface area contributed by atoms with Crippen molar-refractivity contribution in [3.8, 4) is 0 Å². The van der Waals surface area contributed by atoms with Gasteiger partial charge in [0.2, 0.25) is 0 Å². The van der Waals surface area contributed by atoms with Crippen molar-refractivity contribution in [1.82, 2.24) is 0 Å². The Hall–Kier alpha value is -2.29. The summed E-state index contributed by atoms with van der Waals surface area (Å²) in [4.78, 5) is 14.8. The molecule has 0 aliphatic carbocycles. The van der Waals surface area contributed by atoms with Crippen LogP contribution >= 0.6 is 0 Å². The van der Waals surface area contributed by atoms with E-state index in [0.29, 0.717) is 12.2 Å². The van der Waals surface area contributed by atoms with Gasteiger partial charge in [-0.2, -0.15) is 0 Å². The molecule has 2 aromatic carbocycles. The van der Waals surface area contributed by atoms with Crippen molar-refractivity contribution < 1.29 is 4.79 Å². The van der Waals surface area contributed by atoms with Gasteiger partial charge in [0.25, 0.3) is 5.91 Å². The van der Waals surface area contributed by atoms with E-state index in [4.69, 9.17) is 5.73 Å². The molecule has 0 fully saturated rings. The summed E-state index contributed by atoms with van der Waals surface area (Å²) in [5, 5.41) is 0. The van der Waals surface area contributed by atoms with Crippen molar-refractivity contribution >= 4 is 17.3 Å². The van der Waals surface area contributed by atoms with E-state index in [1.54, 1.807) is 0 Å². The second-order valence-electron chi connectivity index (χ2n) is 5.84. The first-order valence-electron chi connectivity index (χ1n) is 7.26. The maximum absolute atomic E-state index is 13.0. The van der Waals surface area contributed by atoms with E-state index in [-0.39, 0.29) is 5.91 Å². The Labute approximate surface area is 125 Å². The molecule has 0 saturated heterocycles. The molecule has 0 atom stereocenters. The van der Waals surface area contributed by atoms with Gasteiger partial charge in [-0.3, -0.25) is 4.79 Å². The second-order valence-corrected chi connectivity index (χ2v) is 5.84. The summed E-state index contributed by atoms with van der Waals surface area (Å²) in [6, 6.07) is 9.98. The summed E-state index contributed by atoms with van der Waals surface area (Å²) in [6.45, 7) is 6.75. The number of rotatable bonds is 1. The standard InChI is InChI=1S/C18H20N2O/c1-11-9-12(2)16(13(3)10-11)18(21)20-8-7-14-5-4-6-15(19)17(14)20/h4-6,9-10H,7-8,19H2,1-3H3. The molecular weight excluding hydrogens is 260 g/mol. The molecule has 1 amide bonds. The Morgan fingerprint density at radius 1 is 1.14 bits per heavy atom. The number of anilines is 2. The van der Waals surface area contributed by atoms with Crippen LogP contribution in [0, 0.1) is 20.8 Å². The zero-order valence-electron chi connectivity index (χ0n) is 12.7. The van der Waals surface area contributed by atoms with E-state index < -0.39 is 0 Å². The molecular formula is C18H20N2O. The third-order valence-electron chi connectivity index (χ3n) is 4.16. The monoisotopic (exact) mass is 280 g/mol. The van der Waals surface area contributed by atoms with Crippen molar-refractivity contribution in [3.63, 3.8) is 0 Å². The van der Waals surface area contributed by atoms with E-state index in [9.17, 15) is 4.79 Å². The van der Waals surface area contributed by atoms with Gasteiger partial charge in [-0.05, 0) is 49.9 Å². The van der Waals surface area contributed by atoms with E-state index in [2.05, 4.69) is 19.1 Å². The normalized spacial score (nSPS) is 13.4. The Bertz CT molecular complexity index is 711. The molecule has 0 aromatic heterocycles. The number of nitrogens with two attached hydrogens (primary N) is 1. The minimum atomic E-state index is 0.0571. The Balaban J connectivity index is 2.07. The zero-order valence-corrected chi connectivity index (χ0v) is 12.7. The van der Waals surface area contributed by atoms with Gasteiger partial charge in [-0.15, -0.1) is 0 Å². The van der Waals surface area contributed by atoms with E-state index >= 15 is 0 Å². The first-order chi connectivity index (χ1) is 9.99. The molecule has 0 radical (unpaired) electrons. The Morgan fingerprint density at radius 2 is 1.81 bits per heavy atom. The number of nitrogen functional groups attached to an aromatic ring is 1. The van der Waals surface area contributed by atoms with E-state index in [1.807, 2.05) is 36.9 Å². The Morgan fingerprint density at radius 3 is 2.48 bits per heavy atom. The van der Waals surface area contributed by atoms with Gasteiger partial charge in [0.15, 0.2) is 0 Å². The van der Waals surface area contributed by atoms with Gasteiger partial charge >= 0.3 is 0 Å². The van der Waals surface area contributed by atoms with Gasteiger partial charge in [-0.1, -0.05) is 29.8 Å². The van der Waals surface area contributed by atoms with Crippen LogP contribution in [0.5, 0.6) is 0 Å². The number of carbonyl (C=O) groups excluding carboxylic acids is 1. The summed E-state index contributed by atoms with van der Waals surface area (Å²) < 4.78 is 0. The van der Waals surface area contributed by atoms with Crippen molar-refractivity contribution in [1.29, 1.82) is 0 Å². The first-order valence-corrected chi connectivity index (χ1v) is 7.26. The SMILES string of the molecule is Cc1cc(C)c(C(=O)N2CCc3cccc(N)c32)c(C)c1. The molecule has 1 heterocycles. The van der Waals surface area contributed by atoms with Gasteiger partial charge in [-0.25, -0.2) is 0 Å². The molecule has 0 saturated carbocycles. The minimum Gasteiger partial charge on any atom is -0.397 e. The van der Waals surface area contributed by atoms with Crippen LogP contribution < -0.4 is 10.6 Å². The highest BCUT2D eigenvalue weighted by molar-refractivity contribution is 6.10. The van der Waals surface area contributed by atoms with Crippen molar-refractivity contribution in [2.75, 3.05) is 17.2 Å². The average Bonchev–Trinajstić information content (AvgIpc) is 2.82. The van der Waals surface area contributed by atoms with Gasteiger partial charge in [0, 0.05) is 12.1 Å². The number of amides is 1. The lowest BCUT2D eigenvalue weighted by Crippen LogP contribution is -2.30. The number of hydrogen-bond donors (Lipinski definition) is 1. The number of fused-ring (bicyclic) bond motifs is 1. The zero-order chi connectivity index (χ0) is 15.1. The van der Waals surface area contributed by atoms with E-state index in [0.717, 1.165) is 34.4 Å². The Kier molecular flexibility index (Phi) is 3.20. The molecule has 3 heteroatoms. The van der Waals surface area contributed by atoms with Crippen molar-refractivity contribution in [2.45, 2.75) is 27.2 Å². The number of aryl methyl sites for hydroxylation is 3. The van der Waals surface area contributed by atoms with Crippen molar-refractivity contribution in [2.24, 2.45) is 0 Å². The van der Waals surface area contributed by atoms with Crippen LogP contribution in [0.1, 0.15) is 32.6 Å². The predicted molar refractivity (Wildman–Crippen MR) is 86.9 cm³/mol. The predicted octanol–water partition coefficient (Wildman–Crippen LogP) is 3.40. The summed E-state index contributed by atoms with van der Waals surface area (Å²) >= 11 is 0. The largest absolute Gasteiger partial charge is 0.397 e. The van der Waals surface area contributed by atoms with Crippen LogP contribution in [-0.2, 0) is 6.42 Å². The molecule has 0 spiro atoms. The van der Waals surface area contributed by atoms with Gasteiger partial charge in [0.1, 0.15) is 0 Å². The molecule has 2 N–H and O–H groups in total. The molecule has 1 aliphatic heterocycles. The summed E-state index contributed by atoms with van der Waals surface area (Å²) in [5.41, 5.74) is 12.9. The maximum atomic E-state index is 13.0. The third-order valence-corrected chi connectivity index (χ3v) is 4.16. The number of carbonyl (C=O) groups is 1. The van der Waals surface area contributed by atoms with Crippen LogP contribution in [0.3, 0.4) is 0 Å². The molecule has 3 rings (SSSR count). The van der Waals surface area contributed by atoms with Crippen LogP contribution in [0.2, 0.25) is 0 Å². The quantitative estimate of drug-likeness (QED) is 0.814. The maximum Gasteiger partial charge on any atom is 0.258 e.